The molecule has 0 bridgehead atoms. The first-order valence-electron chi connectivity index (χ1n) is 7.83. The van der Waals surface area contributed by atoms with Crippen molar-refractivity contribution < 1.29 is 24.2 Å². The van der Waals surface area contributed by atoms with Crippen LogP contribution in [0, 0.1) is 5.92 Å². The van der Waals surface area contributed by atoms with E-state index in [1.165, 1.54) is 4.90 Å². The first kappa shape index (κ1) is 17.8. The fourth-order valence-electron chi connectivity index (χ4n) is 2.79. The van der Waals surface area contributed by atoms with Crippen molar-refractivity contribution in [2.24, 2.45) is 5.92 Å². The van der Waals surface area contributed by atoms with E-state index in [1.54, 1.807) is 37.3 Å². The van der Waals surface area contributed by atoms with E-state index in [-0.39, 0.29) is 24.7 Å². The topological polar surface area (TPSA) is 87.2 Å². The van der Waals surface area contributed by atoms with E-state index in [9.17, 15) is 14.4 Å². The van der Waals surface area contributed by atoms with Gasteiger partial charge < -0.3 is 19.6 Å². The van der Waals surface area contributed by atoms with Gasteiger partial charge in [-0.1, -0.05) is 6.07 Å². The van der Waals surface area contributed by atoms with Crippen LogP contribution in [0.5, 0.6) is 5.75 Å². The van der Waals surface area contributed by atoms with Gasteiger partial charge in [0.15, 0.2) is 0 Å². The third kappa shape index (κ3) is 4.24. The maximum absolute atomic E-state index is 12.4. The quantitative estimate of drug-likeness (QED) is 0.814. The van der Waals surface area contributed by atoms with E-state index < -0.39 is 11.9 Å². The number of carbonyl (C=O) groups is 3. The third-order valence-electron chi connectivity index (χ3n) is 4.10. The summed E-state index contributed by atoms with van der Waals surface area (Å²) in [6.45, 7) is 0.698. The minimum atomic E-state index is -0.879. The SMILES string of the molecule is COc1cccc(N2C[C@@H](C(=O)N(C)CCCC(=O)O)CC2=O)c1. The summed E-state index contributed by atoms with van der Waals surface area (Å²) in [6.07, 6.45) is 0.592. The number of carboxylic acids is 1. The molecule has 7 nitrogen and oxygen atoms in total. The Bertz CT molecular complexity index is 631. The second-order valence-corrected chi connectivity index (χ2v) is 5.86. The Morgan fingerprint density at radius 1 is 1.42 bits per heavy atom. The highest BCUT2D eigenvalue weighted by molar-refractivity contribution is 6.00. The number of rotatable bonds is 7. The van der Waals surface area contributed by atoms with Crippen LogP contribution in [0.2, 0.25) is 0 Å². The lowest BCUT2D eigenvalue weighted by Crippen LogP contribution is -2.35. The maximum Gasteiger partial charge on any atom is 0.303 e. The van der Waals surface area contributed by atoms with Gasteiger partial charge in [-0.25, -0.2) is 0 Å². The molecule has 0 unspecified atom stereocenters. The van der Waals surface area contributed by atoms with E-state index in [4.69, 9.17) is 9.84 Å². The minimum Gasteiger partial charge on any atom is -0.497 e. The van der Waals surface area contributed by atoms with Crippen molar-refractivity contribution in [1.29, 1.82) is 0 Å². The molecule has 1 atom stereocenters. The van der Waals surface area contributed by atoms with Crippen LogP contribution in [0.25, 0.3) is 0 Å². The molecule has 1 aliphatic heterocycles. The van der Waals surface area contributed by atoms with Crippen LogP contribution in [0.4, 0.5) is 5.69 Å². The standard InChI is InChI=1S/C17H22N2O5/c1-18(8-4-7-16(21)22)17(23)12-9-15(20)19(11-12)13-5-3-6-14(10-13)24-2/h3,5-6,10,12H,4,7-9,11H2,1-2H3,(H,21,22)/t12-/m0/s1. The fraction of sp³-hybridized carbons (Fsp3) is 0.471. The second-order valence-electron chi connectivity index (χ2n) is 5.86. The lowest BCUT2D eigenvalue weighted by Gasteiger charge is -2.21. The van der Waals surface area contributed by atoms with E-state index in [2.05, 4.69) is 0 Å². The van der Waals surface area contributed by atoms with Crippen molar-refractivity contribution in [2.45, 2.75) is 19.3 Å². The van der Waals surface area contributed by atoms with Crippen molar-refractivity contribution in [3.05, 3.63) is 24.3 Å². The number of carboxylic acid groups (broad SMARTS) is 1. The van der Waals surface area contributed by atoms with Gasteiger partial charge in [0.25, 0.3) is 0 Å². The molecule has 0 spiro atoms. The van der Waals surface area contributed by atoms with Crippen molar-refractivity contribution in [3.8, 4) is 5.75 Å². The molecule has 1 fully saturated rings. The molecule has 2 amide bonds. The molecular weight excluding hydrogens is 312 g/mol. The highest BCUT2D eigenvalue weighted by Gasteiger charge is 2.36. The molecule has 7 heteroatoms. The Balaban J connectivity index is 1.98. The molecule has 1 heterocycles. The second kappa shape index (κ2) is 7.81. The van der Waals surface area contributed by atoms with Crippen molar-refractivity contribution in [2.75, 3.05) is 32.1 Å². The Labute approximate surface area is 140 Å². The molecule has 24 heavy (non-hydrogen) atoms. The fourth-order valence-corrected chi connectivity index (χ4v) is 2.79. The normalized spacial score (nSPS) is 17.0. The van der Waals surface area contributed by atoms with Gasteiger partial charge in [0.2, 0.25) is 11.8 Å². The van der Waals surface area contributed by atoms with E-state index in [1.807, 2.05) is 6.07 Å². The lowest BCUT2D eigenvalue weighted by molar-refractivity contribution is -0.138. The number of hydrogen-bond acceptors (Lipinski definition) is 4. The average molecular weight is 334 g/mol. The smallest absolute Gasteiger partial charge is 0.303 e. The molecule has 2 rings (SSSR count). The molecule has 1 saturated heterocycles. The van der Waals surface area contributed by atoms with Gasteiger partial charge in [-0.15, -0.1) is 0 Å². The molecule has 1 N–H and O–H groups in total. The van der Waals surface area contributed by atoms with Gasteiger partial charge in [-0.3, -0.25) is 14.4 Å². The summed E-state index contributed by atoms with van der Waals surface area (Å²) in [5.41, 5.74) is 0.711. The van der Waals surface area contributed by atoms with Gasteiger partial charge in [0, 0.05) is 44.7 Å². The van der Waals surface area contributed by atoms with Crippen molar-refractivity contribution in [1.82, 2.24) is 4.90 Å². The Hall–Kier alpha value is -2.57. The van der Waals surface area contributed by atoms with Crippen LogP contribution in [0.3, 0.4) is 0 Å². The number of aliphatic carboxylic acids is 1. The van der Waals surface area contributed by atoms with E-state index in [0.717, 1.165) is 0 Å². The number of benzene rings is 1. The van der Waals surface area contributed by atoms with Crippen LogP contribution in [-0.4, -0.2) is 55.0 Å². The average Bonchev–Trinajstić information content (AvgIpc) is 2.95. The maximum atomic E-state index is 12.4. The van der Waals surface area contributed by atoms with Crippen LogP contribution < -0.4 is 9.64 Å². The zero-order chi connectivity index (χ0) is 17.7. The molecule has 0 radical (unpaired) electrons. The number of methoxy groups -OCH3 is 1. The third-order valence-corrected chi connectivity index (χ3v) is 4.10. The molecule has 0 saturated carbocycles. The zero-order valence-corrected chi connectivity index (χ0v) is 13.9. The minimum absolute atomic E-state index is 0.0250. The number of amides is 2. The highest BCUT2D eigenvalue weighted by Crippen LogP contribution is 2.28. The first-order valence-corrected chi connectivity index (χ1v) is 7.83. The lowest BCUT2D eigenvalue weighted by atomic mass is 10.1. The van der Waals surface area contributed by atoms with Gasteiger partial charge >= 0.3 is 5.97 Å². The zero-order valence-electron chi connectivity index (χ0n) is 13.9. The van der Waals surface area contributed by atoms with E-state index in [0.29, 0.717) is 30.9 Å². The summed E-state index contributed by atoms with van der Waals surface area (Å²) >= 11 is 0. The predicted octanol–water partition coefficient (Wildman–Crippen LogP) is 1.37. The number of ether oxygens (including phenoxy) is 1. The molecule has 130 valence electrons. The molecule has 1 aliphatic rings. The number of carbonyl (C=O) groups excluding carboxylic acids is 2. The van der Waals surface area contributed by atoms with E-state index >= 15 is 0 Å². The molecule has 1 aromatic rings. The summed E-state index contributed by atoms with van der Waals surface area (Å²) in [7, 11) is 3.20. The summed E-state index contributed by atoms with van der Waals surface area (Å²) in [6, 6.07) is 7.17. The first-order chi connectivity index (χ1) is 11.4. The summed E-state index contributed by atoms with van der Waals surface area (Å²) in [5, 5.41) is 8.65. The molecule has 0 aromatic heterocycles. The Kier molecular flexibility index (Phi) is 5.78. The number of hydrogen-bond donors (Lipinski definition) is 1. The monoisotopic (exact) mass is 334 g/mol. The summed E-state index contributed by atoms with van der Waals surface area (Å²) in [5.74, 6) is -0.852. The predicted molar refractivity (Wildman–Crippen MR) is 88.0 cm³/mol. The Morgan fingerprint density at radius 3 is 2.83 bits per heavy atom. The van der Waals surface area contributed by atoms with Crippen LogP contribution in [-0.2, 0) is 14.4 Å². The molecule has 1 aromatic carbocycles. The molecule has 0 aliphatic carbocycles. The van der Waals surface area contributed by atoms with Crippen molar-refractivity contribution in [3.63, 3.8) is 0 Å². The highest BCUT2D eigenvalue weighted by atomic mass is 16.5. The van der Waals surface area contributed by atoms with Gasteiger partial charge in [0.1, 0.15) is 5.75 Å². The van der Waals surface area contributed by atoms with Crippen LogP contribution in [0.15, 0.2) is 24.3 Å². The number of nitrogens with zero attached hydrogens (tertiary/aromatic N) is 2. The van der Waals surface area contributed by atoms with Gasteiger partial charge in [-0.05, 0) is 18.6 Å². The number of anilines is 1. The van der Waals surface area contributed by atoms with Crippen molar-refractivity contribution >= 4 is 23.5 Å². The molecular formula is C17H22N2O5. The van der Waals surface area contributed by atoms with Gasteiger partial charge in [0.05, 0.1) is 13.0 Å². The summed E-state index contributed by atoms with van der Waals surface area (Å²) in [4.78, 5) is 38.3. The van der Waals surface area contributed by atoms with Crippen LogP contribution >= 0.6 is 0 Å². The summed E-state index contributed by atoms with van der Waals surface area (Å²) < 4.78 is 5.16. The largest absolute Gasteiger partial charge is 0.497 e. The van der Waals surface area contributed by atoms with Crippen LogP contribution in [0.1, 0.15) is 19.3 Å². The Morgan fingerprint density at radius 2 is 2.17 bits per heavy atom. The van der Waals surface area contributed by atoms with Gasteiger partial charge in [-0.2, -0.15) is 0 Å².